The third kappa shape index (κ3) is 36.9. The van der Waals surface area contributed by atoms with E-state index in [1.54, 1.807) is 106 Å². The molecular weight excluding hydrogens is 1990 g/mol. The van der Waals surface area contributed by atoms with Crippen molar-refractivity contribution in [3.63, 3.8) is 0 Å². The highest BCUT2D eigenvalue weighted by atomic mass is 33.1. The van der Waals surface area contributed by atoms with Gasteiger partial charge in [0.25, 0.3) is 0 Å². The van der Waals surface area contributed by atoms with Crippen molar-refractivity contribution >= 4 is 185 Å². The van der Waals surface area contributed by atoms with Crippen LogP contribution in [0.15, 0.2) is 91.4 Å². The number of rotatable bonds is 44. The minimum atomic E-state index is -2.29. The summed E-state index contributed by atoms with van der Waals surface area (Å²) in [7, 11) is 1.24. The summed E-state index contributed by atoms with van der Waals surface area (Å²) in [6.07, 6.45) is -3.05. The van der Waals surface area contributed by atoms with E-state index < -0.39 is 290 Å². The van der Waals surface area contributed by atoms with Gasteiger partial charge in [-0.25, -0.2) is 0 Å². The van der Waals surface area contributed by atoms with Crippen molar-refractivity contribution in [1.29, 1.82) is 0 Å². The van der Waals surface area contributed by atoms with Crippen LogP contribution in [0.2, 0.25) is 0 Å². The first-order chi connectivity index (χ1) is 70.8. The third-order valence-corrected chi connectivity index (χ3v) is 27.8. The molecule has 149 heavy (non-hydrogen) atoms. The third-order valence-electron chi connectivity index (χ3n) is 25.4. The van der Waals surface area contributed by atoms with Crippen LogP contribution in [-0.4, -0.2) is 388 Å². The SMILES string of the molecule is CC[C@H](C)[C@H](NC(=O)[C@@H](NC(=O)[C@H](Cc1c[nH]c2ccccc12)NC(C)=O)[C@@H](C)O)C(=O)N[C@H]1CSSC[C@@H](C(=O)N[C@@H](Cc2c[nH]c3ccccc23)C(=O)N2CCC[C@H]2C(=O)N[C@H](CCCCNC(=O)CN2CCN(CC(=O)O)CCN(CC(=O)O)CCN(CC(=O)O)CC2)C(N)=O)NC(=O)[C@H](CC(=O)O)NC(=O)[C@H](CCC(=O)O)NC(=O)[C@H](Cc2c[nH]c3ccccc23)NC(=O)[C@H](CC(N)=O)NC(=O)[C@H](CC(N)=O)NC1=O. The molecule has 3 aromatic carbocycles. The number of carbonyl (C=O) groups is 22. The summed E-state index contributed by atoms with van der Waals surface area (Å²) >= 11 is 0. The molecule has 0 spiro atoms. The molecule has 0 radical (unpaired) electrons. The molecule has 54 heteroatoms. The number of carboxylic acid groups (broad SMARTS) is 5. The number of H-pyrrole nitrogens is 3. The maximum absolute atomic E-state index is 15.8. The van der Waals surface area contributed by atoms with Crippen molar-refractivity contribution < 1.29 is 136 Å². The summed E-state index contributed by atoms with van der Waals surface area (Å²) in [4.78, 5) is 324. The zero-order valence-corrected chi connectivity index (χ0v) is 84.1. The molecule has 3 aromatic heterocycles. The molecule has 3 saturated heterocycles. The van der Waals surface area contributed by atoms with Gasteiger partial charge in [-0.15, -0.1) is 0 Å². The summed E-state index contributed by atoms with van der Waals surface area (Å²) in [5.74, 6) is -28.6. The number of nitrogens with zero attached hydrogens (tertiary/aromatic N) is 5. The van der Waals surface area contributed by atoms with Crippen LogP contribution in [0.3, 0.4) is 0 Å². The van der Waals surface area contributed by atoms with E-state index in [1.807, 2.05) is 0 Å². The fraction of sp³-hybridized carbons (Fsp3) is 0.516. The number of primary amides is 3. The second kappa shape index (κ2) is 57.4. The van der Waals surface area contributed by atoms with Crippen LogP contribution in [0, 0.1) is 5.92 Å². The molecule has 0 aliphatic carbocycles. The molecule has 0 bridgehead atoms. The molecule has 3 aliphatic heterocycles. The molecule has 0 saturated carbocycles. The summed E-state index contributed by atoms with van der Waals surface area (Å²) in [5.41, 5.74) is 20.3. The first-order valence-corrected chi connectivity index (χ1v) is 50.9. The fourth-order valence-corrected chi connectivity index (χ4v) is 19.7. The van der Waals surface area contributed by atoms with E-state index in [1.165, 1.54) is 19.3 Å². The number of aromatic amines is 3. The first-order valence-electron chi connectivity index (χ1n) is 48.4. The second-order valence-electron chi connectivity index (χ2n) is 36.8. The first kappa shape index (κ1) is 118. The van der Waals surface area contributed by atoms with Crippen LogP contribution >= 0.6 is 21.6 Å². The maximum Gasteiger partial charge on any atom is 0.317 e. The molecule has 6 heterocycles. The van der Waals surface area contributed by atoms with Crippen molar-refractivity contribution in [2.75, 3.05) is 103 Å². The van der Waals surface area contributed by atoms with Crippen molar-refractivity contribution in [1.82, 2.24) is 109 Å². The Bertz CT molecular complexity index is 5810. The number of nitrogens with one attached hydrogen (secondary N) is 16. The Morgan fingerprint density at radius 1 is 0.456 bits per heavy atom. The van der Waals surface area contributed by atoms with Crippen molar-refractivity contribution in [2.45, 2.75) is 202 Å². The van der Waals surface area contributed by atoms with E-state index in [9.17, 15) is 107 Å². The Morgan fingerprint density at radius 3 is 1.39 bits per heavy atom. The monoisotopic (exact) mass is 2120 g/mol. The summed E-state index contributed by atoms with van der Waals surface area (Å²) in [6, 6.07) is -3.80. The van der Waals surface area contributed by atoms with Crippen LogP contribution in [0.25, 0.3) is 32.7 Å². The Morgan fingerprint density at radius 2 is 0.899 bits per heavy atom. The van der Waals surface area contributed by atoms with Gasteiger partial charge in [0.15, 0.2) is 0 Å². The number of aliphatic carboxylic acids is 5. The van der Waals surface area contributed by atoms with Gasteiger partial charge in [0.05, 0.1) is 51.5 Å². The highest BCUT2D eigenvalue weighted by molar-refractivity contribution is 8.76. The largest absolute Gasteiger partial charge is 0.481 e. The van der Waals surface area contributed by atoms with Gasteiger partial charge in [0.1, 0.15) is 78.5 Å². The molecule has 52 nitrogen and oxygen atoms in total. The Labute approximate surface area is 861 Å². The van der Waals surface area contributed by atoms with Gasteiger partial charge in [-0.3, -0.25) is 125 Å². The lowest BCUT2D eigenvalue weighted by molar-refractivity contribution is -0.143. The van der Waals surface area contributed by atoms with E-state index in [2.05, 4.69) is 84.1 Å². The average Bonchev–Trinajstić information content (AvgIpc) is 1.65. The van der Waals surface area contributed by atoms with Crippen molar-refractivity contribution in [3.05, 3.63) is 108 Å². The van der Waals surface area contributed by atoms with E-state index in [0.29, 0.717) is 71.0 Å². The lowest BCUT2D eigenvalue weighted by atomic mass is 9.97. The molecule has 6 aromatic rings. The number of hydrogen-bond acceptors (Lipinski definition) is 29. The highest BCUT2D eigenvalue weighted by Gasteiger charge is 2.44. The van der Waals surface area contributed by atoms with Crippen LogP contribution in [0.1, 0.15) is 115 Å². The van der Waals surface area contributed by atoms with Crippen LogP contribution < -0.4 is 86.3 Å². The molecule has 9 rings (SSSR count). The van der Waals surface area contributed by atoms with Crippen molar-refractivity contribution in [2.24, 2.45) is 23.1 Å². The number of aliphatic hydroxyl groups is 1. The van der Waals surface area contributed by atoms with E-state index in [0.717, 1.165) is 18.7 Å². The predicted octanol–water partition coefficient (Wildman–Crippen LogP) is -5.85. The minimum absolute atomic E-state index is 0.0311. The maximum atomic E-state index is 15.8. The number of para-hydroxylation sites is 3. The number of unbranched alkanes of at least 4 members (excludes halogenated alkanes) is 1. The van der Waals surface area contributed by atoms with E-state index in [4.69, 9.17) is 17.2 Å². The van der Waals surface area contributed by atoms with E-state index in [-0.39, 0.29) is 123 Å². The number of fused-ring (bicyclic) bond motifs is 3. The molecule has 15 atom stereocenters. The smallest absolute Gasteiger partial charge is 0.317 e. The lowest BCUT2D eigenvalue weighted by Gasteiger charge is -2.32. The van der Waals surface area contributed by atoms with Gasteiger partial charge >= 0.3 is 29.8 Å². The lowest BCUT2D eigenvalue weighted by Crippen LogP contribution is -2.63. The highest BCUT2D eigenvalue weighted by Crippen LogP contribution is 2.29. The molecule has 3 aliphatic rings. The van der Waals surface area contributed by atoms with Crippen LogP contribution in [0.4, 0.5) is 0 Å². The number of aliphatic hydroxyl groups excluding tert-OH is 1. The Balaban J connectivity index is 1.03. The van der Waals surface area contributed by atoms with Gasteiger partial charge in [-0.05, 0) is 86.3 Å². The molecule has 3 fully saturated rings. The standard InChI is InChI=1S/C95H130N24O28S2/c1-5-50(2)81(113-94(146)82(51(3)120)114-89(141)64(103-52(4)121)35-53-41-100-59-18-9-6-15-56(53)59)93(145)112-71-49-149-148-48-70(111-88(140)68(40-77(127)128)109-84(136)63(23-24-76(125)126)105-85(137)65(36-54-42-101-60-19-10-7-16-57(54)60)106-86(138)66(38-73(96)122)107-87(139)67(39-74(97)123)108-90(71)142)91(143)110-69(37-55-43-102-61-20-11-8-17-58(55)61)95(147)119-26-14-22-72(119)92(144)104-62(83(98)135)21-12-13-25-99-75(124)44-115-27-29-116(45-78(129)130)31-33-118(47-80(133)134)34-32-117(30-28-115)46-79(131)132/h6-11,15-20,41-43,50-51,62-72,81-82,100-102,120H,5,12-14,21-40,44-49H2,1-4H3,(H2,96,122)(H2,97,123)(H2,98,135)(H,99,124)(H,103,121)(H,104,144)(H,105,137)(H,106,138)(H,107,139)(H,108,142)(H,109,136)(H,110,143)(H,111,140)(H,112,145)(H,113,146)(H,114,141)(H,125,126)(H,127,128)(H,129,130)(H,131,132)(H,133,134)/t50-,51+,62+,63-,64-,65-,66-,67-,68-,69-,70-,71-,72-,81-,82-/m0/s1. The number of aromatic nitrogens is 3. The zero-order chi connectivity index (χ0) is 109. The van der Waals surface area contributed by atoms with Gasteiger partial charge in [0, 0.05) is 161 Å². The number of benzene rings is 3. The topological polar surface area (TPSA) is 795 Å². The van der Waals surface area contributed by atoms with Crippen LogP contribution in [-0.2, 0) is 125 Å². The summed E-state index contributed by atoms with van der Waals surface area (Å²) in [6.45, 7) is 5.05. The number of amides is 17. The van der Waals surface area contributed by atoms with Gasteiger partial charge < -0.3 is 137 Å². The number of carboxylic acids is 5. The predicted molar refractivity (Wildman–Crippen MR) is 537 cm³/mol. The number of nitrogens with two attached hydrogens (primary N) is 3. The number of hydrogen-bond donors (Lipinski definition) is 25. The molecule has 28 N–H and O–H groups in total. The van der Waals surface area contributed by atoms with E-state index >= 15 is 28.8 Å². The number of carbonyl (C=O) groups excluding carboxylic acids is 17. The van der Waals surface area contributed by atoms with Crippen molar-refractivity contribution in [3.8, 4) is 0 Å². The van der Waals surface area contributed by atoms with Gasteiger partial charge in [-0.2, -0.15) is 0 Å². The summed E-state index contributed by atoms with van der Waals surface area (Å²) < 4.78 is 0. The van der Waals surface area contributed by atoms with Crippen LogP contribution in [0.5, 0.6) is 0 Å². The zero-order valence-electron chi connectivity index (χ0n) is 82.5. The average molecular weight is 2120 g/mol. The molecular formula is C95H130N24O28S2. The summed E-state index contributed by atoms with van der Waals surface area (Å²) in [5, 5.41) is 94.8. The Kier molecular flexibility index (Phi) is 45.4. The Hall–Kier alpha value is -14.9. The minimum Gasteiger partial charge on any atom is -0.481 e. The number of likely N-dealkylation sites (tertiary alicyclic amines) is 1. The normalized spacial score (nSPS) is 20.8. The molecule has 810 valence electrons. The fourth-order valence-electron chi connectivity index (χ4n) is 17.3. The molecule has 0 unspecified atom stereocenters. The quantitative estimate of drug-likeness (QED) is 0.0125. The molecule has 17 amide bonds. The van der Waals surface area contributed by atoms with Gasteiger partial charge in [-0.1, -0.05) is 96.5 Å². The second-order valence-corrected chi connectivity index (χ2v) is 39.3. The van der Waals surface area contributed by atoms with Gasteiger partial charge in [0.2, 0.25) is 100 Å².